The third kappa shape index (κ3) is 2.97. The van der Waals surface area contributed by atoms with Gasteiger partial charge in [-0.15, -0.1) is 0 Å². The van der Waals surface area contributed by atoms with E-state index in [9.17, 15) is 9.59 Å². The van der Waals surface area contributed by atoms with Gasteiger partial charge in [0.05, 0.1) is 5.92 Å². The van der Waals surface area contributed by atoms with Crippen LogP contribution in [0.4, 0.5) is 0 Å². The predicted molar refractivity (Wildman–Crippen MR) is 62.6 cm³/mol. The molecule has 0 aromatic carbocycles. The molecule has 0 aromatic heterocycles. The van der Waals surface area contributed by atoms with Crippen molar-refractivity contribution in [1.29, 1.82) is 0 Å². The fourth-order valence-corrected chi connectivity index (χ4v) is 2.08. The normalized spacial score (nSPS) is 24.2. The van der Waals surface area contributed by atoms with Gasteiger partial charge < -0.3 is 14.7 Å². The fourth-order valence-electron chi connectivity index (χ4n) is 2.08. The number of methoxy groups -OCH3 is 1. The number of carboxylic acid groups (broad SMARTS) is 1. The number of amides is 1. The summed E-state index contributed by atoms with van der Waals surface area (Å²) >= 11 is 0. The van der Waals surface area contributed by atoms with Crippen molar-refractivity contribution < 1.29 is 19.4 Å². The Morgan fingerprint density at radius 3 is 2.65 bits per heavy atom. The van der Waals surface area contributed by atoms with Crippen LogP contribution in [0.2, 0.25) is 0 Å². The van der Waals surface area contributed by atoms with Gasteiger partial charge in [0.15, 0.2) is 0 Å². The molecule has 0 aliphatic carbocycles. The number of hydrogen-bond donors (Lipinski definition) is 1. The Morgan fingerprint density at radius 1 is 1.53 bits per heavy atom. The van der Waals surface area contributed by atoms with E-state index in [1.165, 1.54) is 7.11 Å². The van der Waals surface area contributed by atoms with Crippen molar-refractivity contribution in [2.45, 2.75) is 38.7 Å². The quantitative estimate of drug-likeness (QED) is 0.803. The molecule has 1 aliphatic heterocycles. The van der Waals surface area contributed by atoms with E-state index >= 15 is 0 Å². The molecule has 98 valence electrons. The first-order chi connectivity index (χ1) is 7.94. The topological polar surface area (TPSA) is 66.8 Å². The van der Waals surface area contributed by atoms with E-state index in [2.05, 4.69) is 0 Å². The van der Waals surface area contributed by atoms with Crippen LogP contribution in [0.1, 0.15) is 33.1 Å². The number of nitrogens with zero attached hydrogens (tertiary/aromatic N) is 1. The molecule has 1 amide bonds. The van der Waals surface area contributed by atoms with Gasteiger partial charge in [-0.3, -0.25) is 9.59 Å². The van der Waals surface area contributed by atoms with E-state index in [0.717, 1.165) is 6.42 Å². The van der Waals surface area contributed by atoms with E-state index in [1.54, 1.807) is 11.8 Å². The van der Waals surface area contributed by atoms with Gasteiger partial charge in [0.25, 0.3) is 5.91 Å². The van der Waals surface area contributed by atoms with Crippen molar-refractivity contribution in [3.63, 3.8) is 0 Å². The molecule has 1 unspecified atom stereocenters. The summed E-state index contributed by atoms with van der Waals surface area (Å²) in [6, 6.07) is 0. The van der Waals surface area contributed by atoms with Gasteiger partial charge in [-0.1, -0.05) is 6.92 Å². The molecule has 0 saturated carbocycles. The van der Waals surface area contributed by atoms with Crippen molar-refractivity contribution in [2.24, 2.45) is 5.92 Å². The molecule has 1 fully saturated rings. The molecule has 0 aromatic rings. The highest BCUT2D eigenvalue weighted by molar-refractivity contribution is 5.85. The molecule has 1 heterocycles. The zero-order valence-electron chi connectivity index (χ0n) is 10.7. The summed E-state index contributed by atoms with van der Waals surface area (Å²) in [4.78, 5) is 24.8. The number of aliphatic carboxylic acids is 1. The summed E-state index contributed by atoms with van der Waals surface area (Å²) in [6.07, 6.45) is 1.97. The van der Waals surface area contributed by atoms with Crippen LogP contribution in [-0.2, 0) is 14.3 Å². The minimum Gasteiger partial charge on any atom is -0.481 e. The lowest BCUT2D eigenvalue weighted by Gasteiger charge is -2.36. The van der Waals surface area contributed by atoms with Crippen LogP contribution >= 0.6 is 0 Å². The summed E-state index contributed by atoms with van der Waals surface area (Å²) in [7, 11) is 1.51. The SMILES string of the molecule is CCC(C)(OC)C(=O)N1CCC[C@H](C(=O)O)C1. The summed E-state index contributed by atoms with van der Waals surface area (Å²) in [6.45, 7) is 4.56. The van der Waals surface area contributed by atoms with Crippen LogP contribution in [0.5, 0.6) is 0 Å². The molecule has 0 radical (unpaired) electrons. The molecule has 5 nitrogen and oxygen atoms in total. The van der Waals surface area contributed by atoms with Crippen LogP contribution in [0.15, 0.2) is 0 Å². The highest BCUT2D eigenvalue weighted by Gasteiger charge is 2.38. The minimum absolute atomic E-state index is 0.103. The lowest BCUT2D eigenvalue weighted by Crippen LogP contribution is -2.52. The number of ether oxygens (including phenoxy) is 1. The molecule has 1 aliphatic rings. The molecule has 0 spiro atoms. The Balaban J connectivity index is 2.72. The minimum atomic E-state index is -0.833. The number of hydrogen-bond acceptors (Lipinski definition) is 3. The van der Waals surface area contributed by atoms with Crippen molar-refractivity contribution in [2.75, 3.05) is 20.2 Å². The molecule has 17 heavy (non-hydrogen) atoms. The second-order valence-corrected chi connectivity index (χ2v) is 4.72. The second kappa shape index (κ2) is 5.49. The van der Waals surface area contributed by atoms with E-state index in [-0.39, 0.29) is 5.91 Å². The standard InChI is InChI=1S/C12H21NO4/c1-4-12(2,17-3)11(16)13-7-5-6-9(8-13)10(14)15/h9H,4-8H2,1-3H3,(H,14,15)/t9-,12?/m0/s1. The second-order valence-electron chi connectivity index (χ2n) is 4.72. The number of carbonyl (C=O) groups is 2. The fraction of sp³-hybridized carbons (Fsp3) is 0.833. The predicted octanol–water partition coefficient (Wildman–Crippen LogP) is 1.12. The first-order valence-corrected chi connectivity index (χ1v) is 6.02. The van der Waals surface area contributed by atoms with Gasteiger partial charge >= 0.3 is 5.97 Å². The van der Waals surface area contributed by atoms with Gasteiger partial charge in [0.1, 0.15) is 5.60 Å². The molecule has 1 saturated heterocycles. The molecular weight excluding hydrogens is 222 g/mol. The van der Waals surface area contributed by atoms with Crippen LogP contribution < -0.4 is 0 Å². The molecule has 0 bridgehead atoms. The van der Waals surface area contributed by atoms with E-state index in [1.807, 2.05) is 6.92 Å². The number of rotatable bonds is 4. The third-order valence-electron chi connectivity index (χ3n) is 3.64. The average Bonchev–Trinajstić information content (AvgIpc) is 2.37. The average molecular weight is 243 g/mol. The molecule has 1 rings (SSSR count). The van der Waals surface area contributed by atoms with Crippen molar-refractivity contribution in [3.8, 4) is 0 Å². The lowest BCUT2D eigenvalue weighted by atomic mass is 9.94. The van der Waals surface area contributed by atoms with Crippen LogP contribution in [-0.4, -0.2) is 47.7 Å². The highest BCUT2D eigenvalue weighted by Crippen LogP contribution is 2.23. The Bertz CT molecular complexity index is 299. The zero-order valence-corrected chi connectivity index (χ0v) is 10.7. The monoisotopic (exact) mass is 243 g/mol. The zero-order chi connectivity index (χ0) is 13.1. The Morgan fingerprint density at radius 2 is 2.18 bits per heavy atom. The molecule has 5 heteroatoms. The maximum Gasteiger partial charge on any atom is 0.308 e. The highest BCUT2D eigenvalue weighted by atomic mass is 16.5. The van der Waals surface area contributed by atoms with Gasteiger partial charge in [-0.25, -0.2) is 0 Å². The van der Waals surface area contributed by atoms with Gasteiger partial charge in [-0.05, 0) is 26.2 Å². The molecule has 2 atom stereocenters. The lowest BCUT2D eigenvalue weighted by molar-refractivity contribution is -0.157. The van der Waals surface area contributed by atoms with Gasteiger partial charge in [0, 0.05) is 20.2 Å². The summed E-state index contributed by atoms with van der Waals surface area (Å²) in [5.41, 5.74) is -0.833. The number of carboxylic acids is 1. The summed E-state index contributed by atoms with van der Waals surface area (Å²) in [5, 5.41) is 8.99. The maximum absolute atomic E-state index is 12.3. The van der Waals surface area contributed by atoms with Crippen molar-refractivity contribution in [1.82, 2.24) is 4.90 Å². The number of likely N-dealkylation sites (tertiary alicyclic amines) is 1. The maximum atomic E-state index is 12.3. The largest absolute Gasteiger partial charge is 0.481 e. The smallest absolute Gasteiger partial charge is 0.308 e. The van der Waals surface area contributed by atoms with Gasteiger partial charge in [-0.2, -0.15) is 0 Å². The Labute approximate surface area is 102 Å². The Kier molecular flexibility index (Phi) is 4.51. The van der Waals surface area contributed by atoms with E-state index in [4.69, 9.17) is 9.84 Å². The van der Waals surface area contributed by atoms with Crippen LogP contribution in [0.3, 0.4) is 0 Å². The molecular formula is C12H21NO4. The number of piperidine rings is 1. The van der Waals surface area contributed by atoms with Crippen LogP contribution in [0.25, 0.3) is 0 Å². The van der Waals surface area contributed by atoms with Crippen molar-refractivity contribution in [3.05, 3.63) is 0 Å². The van der Waals surface area contributed by atoms with Crippen LogP contribution in [0, 0.1) is 5.92 Å². The third-order valence-corrected chi connectivity index (χ3v) is 3.64. The van der Waals surface area contributed by atoms with Gasteiger partial charge in [0.2, 0.25) is 0 Å². The van der Waals surface area contributed by atoms with Crippen molar-refractivity contribution >= 4 is 11.9 Å². The summed E-state index contributed by atoms with van der Waals surface area (Å²) in [5.74, 6) is -1.36. The first-order valence-electron chi connectivity index (χ1n) is 6.02. The van der Waals surface area contributed by atoms with E-state index < -0.39 is 17.5 Å². The number of carbonyl (C=O) groups excluding carboxylic acids is 1. The van der Waals surface area contributed by atoms with E-state index in [0.29, 0.717) is 25.9 Å². The molecule has 1 N–H and O–H groups in total. The summed E-state index contributed by atoms with van der Waals surface area (Å²) < 4.78 is 5.26. The first kappa shape index (κ1) is 14.0. The Hall–Kier alpha value is -1.10.